The minimum Gasteiger partial charge on any atom is -0.167 e. The first-order chi connectivity index (χ1) is 4.31. The third-order valence-electron chi connectivity index (χ3n) is 0.941. The first-order valence-corrected chi connectivity index (χ1v) is 2.91. The Morgan fingerprint density at radius 1 is 1.67 bits per heavy atom. The maximum atomic E-state index is 3.63. The highest BCUT2D eigenvalue weighted by Crippen LogP contribution is 1.97. The molecule has 2 heteroatoms. The van der Waals surface area contributed by atoms with Crippen molar-refractivity contribution in [2.45, 2.75) is 13.3 Å². The molecule has 0 saturated carbocycles. The van der Waals surface area contributed by atoms with Crippen molar-refractivity contribution in [3.05, 3.63) is 12.7 Å². The van der Waals surface area contributed by atoms with E-state index in [1.54, 1.807) is 6.21 Å². The molecule has 0 fully saturated rings. The van der Waals surface area contributed by atoms with E-state index in [1.165, 1.54) is 0 Å². The summed E-state index contributed by atoms with van der Waals surface area (Å²) < 4.78 is 0. The highest BCUT2D eigenvalue weighted by atomic mass is 15.2. The first-order valence-electron chi connectivity index (χ1n) is 2.91. The van der Waals surface area contributed by atoms with Crippen molar-refractivity contribution >= 4 is 12.9 Å². The molecule has 0 N–H and O–H groups in total. The molecule has 1 atom stereocenters. The van der Waals surface area contributed by atoms with Crippen LogP contribution in [0.3, 0.4) is 0 Å². The minimum atomic E-state index is 0.424. The standard InChI is InChI=1S/C7H12N2/c1-4-5-7(2)6-9-8-3/h4,6-7H,1,3,5H2,2H3/b9-6+. The molecule has 50 valence electrons. The molecule has 0 amide bonds. The zero-order chi connectivity index (χ0) is 7.11. The van der Waals surface area contributed by atoms with Crippen LogP contribution in [0.1, 0.15) is 13.3 Å². The molecule has 0 bridgehead atoms. The summed E-state index contributed by atoms with van der Waals surface area (Å²) in [5.74, 6) is 0.424. The minimum absolute atomic E-state index is 0.424. The van der Waals surface area contributed by atoms with Gasteiger partial charge in [0, 0.05) is 12.9 Å². The quantitative estimate of drug-likeness (QED) is 0.310. The maximum absolute atomic E-state index is 3.63. The van der Waals surface area contributed by atoms with Crippen molar-refractivity contribution in [1.82, 2.24) is 0 Å². The second kappa shape index (κ2) is 5.22. The SMILES string of the molecule is C=CCC(C)/C=N/N=C. The smallest absolute Gasteiger partial charge is 0.0301 e. The van der Waals surface area contributed by atoms with Gasteiger partial charge >= 0.3 is 0 Å². The Balaban J connectivity index is 3.47. The fourth-order valence-corrected chi connectivity index (χ4v) is 0.485. The van der Waals surface area contributed by atoms with Crippen molar-refractivity contribution in [1.29, 1.82) is 0 Å². The zero-order valence-electron chi connectivity index (χ0n) is 5.75. The van der Waals surface area contributed by atoms with Crippen molar-refractivity contribution in [2.75, 3.05) is 0 Å². The molecule has 0 aliphatic carbocycles. The van der Waals surface area contributed by atoms with Gasteiger partial charge in [0.05, 0.1) is 0 Å². The highest BCUT2D eigenvalue weighted by Gasteiger charge is 1.90. The molecule has 0 rings (SSSR count). The van der Waals surface area contributed by atoms with E-state index in [2.05, 4.69) is 30.4 Å². The lowest BCUT2D eigenvalue weighted by molar-refractivity contribution is 0.805. The van der Waals surface area contributed by atoms with E-state index in [4.69, 9.17) is 0 Å². The van der Waals surface area contributed by atoms with Crippen LogP contribution in [0.2, 0.25) is 0 Å². The summed E-state index contributed by atoms with van der Waals surface area (Å²) in [5.41, 5.74) is 0. The molecule has 9 heavy (non-hydrogen) atoms. The van der Waals surface area contributed by atoms with Gasteiger partial charge in [-0.1, -0.05) is 13.0 Å². The Kier molecular flexibility index (Phi) is 4.69. The predicted molar refractivity (Wildman–Crippen MR) is 42.0 cm³/mol. The summed E-state index contributed by atoms with van der Waals surface area (Å²) in [5, 5.41) is 6.97. The molecule has 1 unspecified atom stereocenters. The summed E-state index contributed by atoms with van der Waals surface area (Å²) in [4.78, 5) is 0. The third kappa shape index (κ3) is 4.94. The van der Waals surface area contributed by atoms with Crippen LogP contribution in [0, 0.1) is 5.92 Å². The Hall–Kier alpha value is -0.920. The fraction of sp³-hybridized carbons (Fsp3) is 0.429. The van der Waals surface area contributed by atoms with E-state index in [0.717, 1.165) is 6.42 Å². The van der Waals surface area contributed by atoms with Gasteiger partial charge in [-0.3, -0.25) is 0 Å². The molecule has 0 saturated heterocycles. The lowest BCUT2D eigenvalue weighted by Gasteiger charge is -1.95. The normalized spacial score (nSPS) is 13.4. The molecule has 0 spiro atoms. The van der Waals surface area contributed by atoms with Crippen LogP contribution in [0.5, 0.6) is 0 Å². The zero-order valence-corrected chi connectivity index (χ0v) is 5.75. The van der Waals surface area contributed by atoms with Crippen LogP contribution in [0.4, 0.5) is 0 Å². The van der Waals surface area contributed by atoms with E-state index < -0.39 is 0 Å². The number of rotatable bonds is 4. The predicted octanol–water partition coefficient (Wildman–Crippen LogP) is 1.89. The summed E-state index contributed by atoms with van der Waals surface area (Å²) in [6.07, 6.45) is 4.56. The monoisotopic (exact) mass is 124 g/mol. The van der Waals surface area contributed by atoms with Gasteiger partial charge < -0.3 is 0 Å². The van der Waals surface area contributed by atoms with Crippen molar-refractivity contribution in [3.63, 3.8) is 0 Å². The highest BCUT2D eigenvalue weighted by molar-refractivity contribution is 5.60. The largest absolute Gasteiger partial charge is 0.167 e. The summed E-state index contributed by atoms with van der Waals surface area (Å²) >= 11 is 0. The van der Waals surface area contributed by atoms with Crippen LogP contribution < -0.4 is 0 Å². The lowest BCUT2D eigenvalue weighted by Crippen LogP contribution is -1.91. The van der Waals surface area contributed by atoms with Crippen molar-refractivity contribution in [2.24, 2.45) is 16.1 Å². The molecule has 0 heterocycles. The van der Waals surface area contributed by atoms with Gasteiger partial charge in [0.2, 0.25) is 0 Å². The molecular formula is C7H12N2. The molecule has 0 aliphatic heterocycles. The van der Waals surface area contributed by atoms with Gasteiger partial charge in [0.25, 0.3) is 0 Å². The van der Waals surface area contributed by atoms with Crippen LogP contribution in [0.25, 0.3) is 0 Å². The van der Waals surface area contributed by atoms with E-state index in [9.17, 15) is 0 Å². The Morgan fingerprint density at radius 3 is 2.78 bits per heavy atom. The average molecular weight is 124 g/mol. The Morgan fingerprint density at radius 2 is 2.33 bits per heavy atom. The van der Waals surface area contributed by atoms with Gasteiger partial charge in [0.15, 0.2) is 0 Å². The molecular weight excluding hydrogens is 112 g/mol. The Bertz CT molecular complexity index is 116. The molecule has 0 aromatic rings. The van der Waals surface area contributed by atoms with Crippen LogP contribution in [0.15, 0.2) is 22.9 Å². The topological polar surface area (TPSA) is 24.7 Å². The second-order valence-corrected chi connectivity index (χ2v) is 1.91. The van der Waals surface area contributed by atoms with Gasteiger partial charge in [-0.25, -0.2) is 0 Å². The number of hydrogen-bond donors (Lipinski definition) is 0. The first kappa shape index (κ1) is 8.08. The van der Waals surface area contributed by atoms with E-state index in [1.807, 2.05) is 6.08 Å². The average Bonchev–Trinajstić information content (AvgIpc) is 1.85. The fourth-order valence-electron chi connectivity index (χ4n) is 0.485. The van der Waals surface area contributed by atoms with Crippen molar-refractivity contribution in [3.8, 4) is 0 Å². The van der Waals surface area contributed by atoms with E-state index in [0.29, 0.717) is 5.92 Å². The van der Waals surface area contributed by atoms with Crippen LogP contribution in [-0.4, -0.2) is 12.9 Å². The second-order valence-electron chi connectivity index (χ2n) is 1.91. The summed E-state index contributed by atoms with van der Waals surface area (Å²) in [7, 11) is 0. The summed E-state index contributed by atoms with van der Waals surface area (Å²) in [6, 6.07) is 0. The summed E-state index contributed by atoms with van der Waals surface area (Å²) in [6.45, 7) is 8.87. The van der Waals surface area contributed by atoms with Crippen LogP contribution >= 0.6 is 0 Å². The van der Waals surface area contributed by atoms with E-state index >= 15 is 0 Å². The van der Waals surface area contributed by atoms with E-state index in [-0.39, 0.29) is 0 Å². The number of hydrogen-bond acceptors (Lipinski definition) is 2. The third-order valence-corrected chi connectivity index (χ3v) is 0.941. The molecule has 0 aliphatic rings. The van der Waals surface area contributed by atoms with Gasteiger partial charge in [0.1, 0.15) is 0 Å². The van der Waals surface area contributed by atoms with Crippen LogP contribution in [-0.2, 0) is 0 Å². The molecule has 2 nitrogen and oxygen atoms in total. The Labute approximate surface area is 56.0 Å². The molecule has 0 aromatic carbocycles. The molecule has 0 aromatic heterocycles. The maximum Gasteiger partial charge on any atom is 0.0301 e. The van der Waals surface area contributed by atoms with Crippen molar-refractivity contribution < 1.29 is 0 Å². The van der Waals surface area contributed by atoms with Gasteiger partial charge in [-0.05, 0) is 12.3 Å². The number of allylic oxidation sites excluding steroid dienone is 1. The number of nitrogens with zero attached hydrogens (tertiary/aromatic N) is 2. The molecule has 0 radical (unpaired) electrons. The van der Waals surface area contributed by atoms with Gasteiger partial charge in [-0.15, -0.1) is 6.58 Å². The van der Waals surface area contributed by atoms with Gasteiger partial charge in [-0.2, -0.15) is 10.2 Å². The lowest BCUT2D eigenvalue weighted by atomic mass is 10.1.